The minimum atomic E-state index is -0.249. The molecule has 0 aromatic heterocycles. The van der Waals surface area contributed by atoms with E-state index in [1.165, 1.54) is 0 Å². The van der Waals surface area contributed by atoms with E-state index >= 15 is 0 Å². The van der Waals surface area contributed by atoms with Gasteiger partial charge < -0.3 is 9.47 Å². The van der Waals surface area contributed by atoms with Gasteiger partial charge in [-0.05, 0) is 13.3 Å². The highest BCUT2D eigenvalue weighted by molar-refractivity contribution is 5.17. The molecule has 1 fully saturated rings. The fourth-order valence-electron chi connectivity index (χ4n) is 2.22. The Morgan fingerprint density at radius 3 is 2.65 bits per heavy atom. The standard InChI is InChI=1S/C15H20O2/c1-4-12-10-16-15(17-14(12)11(2)3)13-8-6-5-7-9-13/h5-9,12,14-15H,2,4,10H2,1,3H3/t12-,14-,15-/m0/s1. The van der Waals surface area contributed by atoms with E-state index < -0.39 is 0 Å². The summed E-state index contributed by atoms with van der Waals surface area (Å²) in [5.41, 5.74) is 2.16. The summed E-state index contributed by atoms with van der Waals surface area (Å²) in [6.07, 6.45) is 0.915. The number of benzene rings is 1. The molecule has 92 valence electrons. The van der Waals surface area contributed by atoms with E-state index in [0.717, 1.165) is 24.2 Å². The molecular weight excluding hydrogens is 212 g/mol. The van der Waals surface area contributed by atoms with Crippen LogP contribution in [0.4, 0.5) is 0 Å². The summed E-state index contributed by atoms with van der Waals surface area (Å²) in [5, 5.41) is 0. The van der Waals surface area contributed by atoms with Crippen molar-refractivity contribution >= 4 is 0 Å². The summed E-state index contributed by atoms with van der Waals surface area (Å²) in [6.45, 7) is 8.96. The molecule has 1 aliphatic heterocycles. The maximum Gasteiger partial charge on any atom is 0.184 e. The van der Waals surface area contributed by atoms with Gasteiger partial charge in [-0.2, -0.15) is 0 Å². The molecule has 0 N–H and O–H groups in total. The second-order valence-corrected chi connectivity index (χ2v) is 4.65. The van der Waals surface area contributed by atoms with Gasteiger partial charge in [-0.3, -0.25) is 0 Å². The van der Waals surface area contributed by atoms with Gasteiger partial charge in [0.2, 0.25) is 0 Å². The average molecular weight is 232 g/mol. The first kappa shape index (κ1) is 12.3. The Labute approximate surface area is 103 Å². The predicted octanol–water partition coefficient (Wildman–Crippen LogP) is 3.70. The fraction of sp³-hybridized carbons (Fsp3) is 0.467. The van der Waals surface area contributed by atoms with E-state index in [9.17, 15) is 0 Å². The Kier molecular flexibility index (Phi) is 3.97. The van der Waals surface area contributed by atoms with Gasteiger partial charge in [-0.15, -0.1) is 0 Å². The number of hydrogen-bond acceptors (Lipinski definition) is 2. The lowest BCUT2D eigenvalue weighted by Gasteiger charge is -2.36. The van der Waals surface area contributed by atoms with Crippen molar-refractivity contribution in [1.29, 1.82) is 0 Å². The summed E-state index contributed by atoms with van der Waals surface area (Å²) in [4.78, 5) is 0. The van der Waals surface area contributed by atoms with Crippen molar-refractivity contribution in [3.63, 3.8) is 0 Å². The fourth-order valence-corrected chi connectivity index (χ4v) is 2.22. The molecule has 2 rings (SSSR count). The zero-order chi connectivity index (χ0) is 12.3. The first-order chi connectivity index (χ1) is 8.22. The van der Waals surface area contributed by atoms with Gasteiger partial charge in [-0.25, -0.2) is 0 Å². The van der Waals surface area contributed by atoms with Crippen LogP contribution in [0.2, 0.25) is 0 Å². The van der Waals surface area contributed by atoms with Gasteiger partial charge in [0.25, 0.3) is 0 Å². The van der Waals surface area contributed by atoms with E-state index in [4.69, 9.17) is 9.47 Å². The zero-order valence-electron chi connectivity index (χ0n) is 10.6. The maximum atomic E-state index is 6.02. The van der Waals surface area contributed by atoms with E-state index in [1.807, 2.05) is 37.3 Å². The summed E-state index contributed by atoms with van der Waals surface area (Å²) in [5.74, 6) is 0.424. The summed E-state index contributed by atoms with van der Waals surface area (Å²) >= 11 is 0. The SMILES string of the molecule is C=C(C)[C@@H]1O[C@@H](c2ccccc2)OC[C@@H]1CC. The van der Waals surface area contributed by atoms with Crippen LogP contribution in [0.5, 0.6) is 0 Å². The quantitative estimate of drug-likeness (QED) is 0.740. The van der Waals surface area contributed by atoms with Gasteiger partial charge in [0, 0.05) is 11.5 Å². The van der Waals surface area contributed by atoms with Gasteiger partial charge in [-0.1, -0.05) is 49.4 Å². The second-order valence-electron chi connectivity index (χ2n) is 4.65. The van der Waals surface area contributed by atoms with Crippen LogP contribution in [-0.4, -0.2) is 12.7 Å². The molecule has 2 nitrogen and oxygen atoms in total. The van der Waals surface area contributed by atoms with Crippen LogP contribution in [0.1, 0.15) is 32.1 Å². The molecule has 1 saturated heterocycles. The van der Waals surface area contributed by atoms with Gasteiger partial charge >= 0.3 is 0 Å². The van der Waals surface area contributed by atoms with Crippen LogP contribution >= 0.6 is 0 Å². The highest BCUT2D eigenvalue weighted by atomic mass is 16.7. The van der Waals surface area contributed by atoms with Crippen molar-refractivity contribution in [2.24, 2.45) is 5.92 Å². The Balaban J connectivity index is 2.11. The third kappa shape index (κ3) is 2.76. The number of ether oxygens (including phenoxy) is 2. The predicted molar refractivity (Wildman–Crippen MR) is 68.6 cm³/mol. The summed E-state index contributed by atoms with van der Waals surface area (Å²) in [6, 6.07) is 10.1. The molecule has 1 aromatic carbocycles. The van der Waals surface area contributed by atoms with Crippen LogP contribution in [0.15, 0.2) is 42.5 Å². The van der Waals surface area contributed by atoms with Crippen LogP contribution in [0.3, 0.4) is 0 Å². The second kappa shape index (κ2) is 5.48. The average Bonchev–Trinajstić information content (AvgIpc) is 2.39. The molecule has 17 heavy (non-hydrogen) atoms. The van der Waals surface area contributed by atoms with E-state index in [1.54, 1.807) is 0 Å². The molecule has 0 saturated carbocycles. The molecule has 0 aliphatic carbocycles. The van der Waals surface area contributed by atoms with Crippen LogP contribution in [-0.2, 0) is 9.47 Å². The Bertz CT molecular complexity index is 372. The normalized spacial score (nSPS) is 28.9. The van der Waals surface area contributed by atoms with E-state index in [-0.39, 0.29) is 12.4 Å². The molecular formula is C15H20O2. The molecule has 1 aromatic rings. The van der Waals surface area contributed by atoms with Crippen molar-refractivity contribution in [3.05, 3.63) is 48.0 Å². The molecule has 3 atom stereocenters. The number of hydrogen-bond donors (Lipinski definition) is 0. The Morgan fingerprint density at radius 1 is 1.35 bits per heavy atom. The minimum Gasteiger partial charge on any atom is -0.348 e. The number of rotatable bonds is 3. The monoisotopic (exact) mass is 232 g/mol. The van der Waals surface area contributed by atoms with Crippen LogP contribution < -0.4 is 0 Å². The maximum absolute atomic E-state index is 6.02. The van der Waals surface area contributed by atoms with Gasteiger partial charge in [0.15, 0.2) is 6.29 Å². The van der Waals surface area contributed by atoms with E-state index in [0.29, 0.717) is 5.92 Å². The van der Waals surface area contributed by atoms with Crippen molar-refractivity contribution in [2.45, 2.75) is 32.7 Å². The highest BCUT2D eigenvalue weighted by Gasteiger charge is 2.31. The van der Waals surface area contributed by atoms with Crippen molar-refractivity contribution in [1.82, 2.24) is 0 Å². The minimum absolute atomic E-state index is 0.110. The van der Waals surface area contributed by atoms with Gasteiger partial charge in [0.05, 0.1) is 12.7 Å². The van der Waals surface area contributed by atoms with Crippen LogP contribution in [0, 0.1) is 5.92 Å². The lowest BCUT2D eigenvalue weighted by atomic mass is 9.94. The smallest absolute Gasteiger partial charge is 0.184 e. The highest BCUT2D eigenvalue weighted by Crippen LogP contribution is 2.33. The molecule has 1 aliphatic rings. The largest absolute Gasteiger partial charge is 0.348 e. The van der Waals surface area contributed by atoms with Crippen LogP contribution in [0.25, 0.3) is 0 Å². The summed E-state index contributed by atoms with van der Waals surface area (Å²) in [7, 11) is 0. The summed E-state index contributed by atoms with van der Waals surface area (Å²) < 4.78 is 11.8. The third-order valence-corrected chi connectivity index (χ3v) is 3.24. The Hall–Kier alpha value is -1.12. The topological polar surface area (TPSA) is 18.5 Å². The molecule has 1 heterocycles. The third-order valence-electron chi connectivity index (χ3n) is 3.24. The first-order valence-corrected chi connectivity index (χ1v) is 6.19. The Morgan fingerprint density at radius 2 is 2.06 bits per heavy atom. The molecule has 0 radical (unpaired) electrons. The van der Waals surface area contributed by atoms with Gasteiger partial charge in [0.1, 0.15) is 0 Å². The van der Waals surface area contributed by atoms with Crippen molar-refractivity contribution in [3.8, 4) is 0 Å². The molecule has 2 heteroatoms. The van der Waals surface area contributed by atoms with Crippen molar-refractivity contribution < 1.29 is 9.47 Å². The first-order valence-electron chi connectivity index (χ1n) is 6.19. The zero-order valence-corrected chi connectivity index (χ0v) is 10.6. The molecule has 0 spiro atoms. The molecule has 0 bridgehead atoms. The molecule has 0 amide bonds. The van der Waals surface area contributed by atoms with E-state index in [2.05, 4.69) is 13.5 Å². The molecule has 0 unspecified atom stereocenters. The van der Waals surface area contributed by atoms with Crippen molar-refractivity contribution in [2.75, 3.05) is 6.61 Å². The lowest BCUT2D eigenvalue weighted by molar-refractivity contribution is -0.231. The lowest BCUT2D eigenvalue weighted by Crippen LogP contribution is -2.36.